The molecule has 4 nitrogen and oxygen atoms in total. The van der Waals surface area contributed by atoms with E-state index in [9.17, 15) is 4.79 Å². The number of halogens is 1. The monoisotopic (exact) mass is 289 g/mol. The molecule has 2 heterocycles. The molecule has 0 atom stereocenters. The first-order valence-electron chi connectivity index (χ1n) is 7.13. The van der Waals surface area contributed by atoms with E-state index in [1.54, 1.807) is 0 Å². The van der Waals surface area contributed by atoms with Crippen molar-refractivity contribution < 1.29 is 4.79 Å². The fourth-order valence-electron chi connectivity index (χ4n) is 3.19. The zero-order valence-electron chi connectivity index (χ0n) is 12.4. The summed E-state index contributed by atoms with van der Waals surface area (Å²) in [7, 11) is 0. The van der Waals surface area contributed by atoms with E-state index in [1.165, 1.54) is 19.3 Å². The minimum atomic E-state index is -0.122. The van der Waals surface area contributed by atoms with Gasteiger partial charge in [-0.2, -0.15) is 0 Å². The van der Waals surface area contributed by atoms with Gasteiger partial charge in [0.05, 0.1) is 6.54 Å². The van der Waals surface area contributed by atoms with E-state index in [2.05, 4.69) is 15.5 Å². The van der Waals surface area contributed by atoms with Gasteiger partial charge in [-0.3, -0.25) is 9.69 Å². The third-order valence-electron chi connectivity index (χ3n) is 4.06. The number of likely N-dealkylation sites (tertiary alicyclic amines) is 1. The Labute approximate surface area is 123 Å². The minimum absolute atomic E-state index is 0. The summed E-state index contributed by atoms with van der Waals surface area (Å²) in [5, 5.41) is 6.47. The fraction of sp³-hybridized carbons (Fsp3) is 0.929. The summed E-state index contributed by atoms with van der Waals surface area (Å²) in [6.07, 6.45) is 3.80. The van der Waals surface area contributed by atoms with E-state index >= 15 is 0 Å². The van der Waals surface area contributed by atoms with Gasteiger partial charge >= 0.3 is 0 Å². The first-order valence-corrected chi connectivity index (χ1v) is 7.13. The van der Waals surface area contributed by atoms with E-state index in [1.807, 2.05) is 20.8 Å². The van der Waals surface area contributed by atoms with Crippen LogP contribution in [-0.2, 0) is 4.79 Å². The van der Waals surface area contributed by atoms with Gasteiger partial charge in [-0.05, 0) is 65.1 Å². The molecule has 19 heavy (non-hydrogen) atoms. The third kappa shape index (κ3) is 4.93. The lowest BCUT2D eigenvalue weighted by Gasteiger charge is -2.34. The van der Waals surface area contributed by atoms with E-state index in [0.29, 0.717) is 12.0 Å². The van der Waals surface area contributed by atoms with Crippen LogP contribution in [0.2, 0.25) is 0 Å². The van der Waals surface area contributed by atoms with Crippen molar-refractivity contribution in [3.8, 4) is 0 Å². The Kier molecular flexibility index (Phi) is 5.65. The third-order valence-corrected chi connectivity index (χ3v) is 4.06. The maximum absolute atomic E-state index is 11.9. The quantitative estimate of drug-likeness (QED) is 0.808. The molecule has 0 unspecified atom stereocenters. The van der Waals surface area contributed by atoms with Crippen LogP contribution in [0.1, 0.15) is 40.0 Å². The van der Waals surface area contributed by atoms with Gasteiger partial charge in [0.25, 0.3) is 0 Å². The normalized spacial score (nSPS) is 23.1. The Balaban J connectivity index is 0.00000180. The zero-order valence-corrected chi connectivity index (χ0v) is 13.2. The lowest BCUT2D eigenvalue weighted by molar-refractivity contribution is -0.123. The summed E-state index contributed by atoms with van der Waals surface area (Å²) < 4.78 is 0. The molecular weight excluding hydrogens is 262 g/mol. The molecule has 2 aliphatic heterocycles. The molecule has 0 saturated carbocycles. The minimum Gasteiger partial charge on any atom is -0.350 e. The highest BCUT2D eigenvalue weighted by atomic mass is 35.5. The molecule has 0 aromatic heterocycles. The highest BCUT2D eigenvalue weighted by Gasteiger charge is 2.39. The Hall–Kier alpha value is -0.320. The SMILES string of the molecule is CC(C)(C)NC(=O)CN1CCC2(CCNCC2)C1.Cl. The largest absolute Gasteiger partial charge is 0.350 e. The number of piperidine rings is 1. The molecule has 0 aliphatic carbocycles. The molecule has 112 valence electrons. The molecule has 1 amide bonds. The van der Waals surface area contributed by atoms with Crippen molar-refractivity contribution in [1.82, 2.24) is 15.5 Å². The van der Waals surface area contributed by atoms with Crippen LogP contribution in [0, 0.1) is 5.41 Å². The standard InChI is InChI=1S/C14H27N3O.ClH/c1-13(2,3)16-12(18)10-17-9-6-14(11-17)4-7-15-8-5-14;/h15H,4-11H2,1-3H3,(H,16,18);1H. The molecule has 1 spiro atoms. The van der Waals surface area contributed by atoms with Gasteiger partial charge in [0.15, 0.2) is 0 Å². The average molecular weight is 290 g/mol. The lowest BCUT2D eigenvalue weighted by Crippen LogP contribution is -2.46. The van der Waals surface area contributed by atoms with Gasteiger partial charge in [-0.15, -0.1) is 12.4 Å². The molecule has 5 heteroatoms. The molecule has 2 fully saturated rings. The molecule has 0 aromatic rings. The average Bonchev–Trinajstić information content (AvgIpc) is 2.59. The maximum Gasteiger partial charge on any atom is 0.234 e. The van der Waals surface area contributed by atoms with Gasteiger partial charge in [-0.25, -0.2) is 0 Å². The highest BCUT2D eigenvalue weighted by Crippen LogP contribution is 2.38. The van der Waals surface area contributed by atoms with E-state index in [-0.39, 0.29) is 23.9 Å². The van der Waals surface area contributed by atoms with Crippen molar-refractivity contribution in [2.45, 2.75) is 45.6 Å². The van der Waals surface area contributed by atoms with Crippen LogP contribution in [0.25, 0.3) is 0 Å². The first-order chi connectivity index (χ1) is 8.39. The molecule has 2 saturated heterocycles. The van der Waals surface area contributed by atoms with E-state index in [4.69, 9.17) is 0 Å². The molecular formula is C14H28ClN3O. The van der Waals surface area contributed by atoms with Gasteiger partial charge < -0.3 is 10.6 Å². The van der Waals surface area contributed by atoms with Crippen LogP contribution in [-0.4, -0.2) is 49.1 Å². The number of amides is 1. The number of nitrogens with one attached hydrogen (secondary N) is 2. The summed E-state index contributed by atoms with van der Waals surface area (Å²) >= 11 is 0. The number of hydrogen-bond acceptors (Lipinski definition) is 3. The predicted molar refractivity (Wildman–Crippen MR) is 80.7 cm³/mol. The van der Waals surface area contributed by atoms with Gasteiger partial charge in [0.1, 0.15) is 0 Å². The Morgan fingerprint density at radius 1 is 1.26 bits per heavy atom. The molecule has 2 aliphatic rings. The number of hydrogen-bond donors (Lipinski definition) is 2. The van der Waals surface area contributed by atoms with Crippen LogP contribution >= 0.6 is 12.4 Å². The van der Waals surface area contributed by atoms with Crippen LogP contribution in [0.5, 0.6) is 0 Å². The second kappa shape index (κ2) is 6.42. The smallest absolute Gasteiger partial charge is 0.234 e. The highest BCUT2D eigenvalue weighted by molar-refractivity contribution is 5.85. The van der Waals surface area contributed by atoms with E-state index < -0.39 is 0 Å². The maximum atomic E-state index is 11.9. The van der Waals surface area contributed by atoms with Crippen molar-refractivity contribution in [3.05, 3.63) is 0 Å². The summed E-state index contributed by atoms with van der Waals surface area (Å²) in [6.45, 7) is 11.1. The van der Waals surface area contributed by atoms with Crippen molar-refractivity contribution in [3.63, 3.8) is 0 Å². The van der Waals surface area contributed by atoms with Crippen LogP contribution < -0.4 is 10.6 Å². The van der Waals surface area contributed by atoms with E-state index in [0.717, 1.165) is 26.2 Å². The summed E-state index contributed by atoms with van der Waals surface area (Å²) in [4.78, 5) is 14.2. The summed E-state index contributed by atoms with van der Waals surface area (Å²) in [5.41, 5.74) is 0.372. The zero-order chi connectivity index (χ0) is 13.2. The Morgan fingerprint density at radius 3 is 2.47 bits per heavy atom. The number of carbonyl (C=O) groups is 1. The lowest BCUT2D eigenvalue weighted by atomic mass is 9.78. The molecule has 2 rings (SSSR count). The van der Waals surface area contributed by atoms with Crippen LogP contribution in [0.4, 0.5) is 0 Å². The van der Waals surface area contributed by atoms with Gasteiger partial charge in [0, 0.05) is 12.1 Å². The number of rotatable bonds is 2. The number of carbonyl (C=O) groups excluding carboxylic acids is 1. The first kappa shape index (κ1) is 16.7. The van der Waals surface area contributed by atoms with Crippen molar-refractivity contribution in [1.29, 1.82) is 0 Å². The Bertz CT molecular complexity index is 308. The van der Waals surface area contributed by atoms with Crippen molar-refractivity contribution in [2.75, 3.05) is 32.7 Å². The molecule has 0 radical (unpaired) electrons. The van der Waals surface area contributed by atoms with Crippen molar-refractivity contribution >= 4 is 18.3 Å². The molecule has 2 N–H and O–H groups in total. The van der Waals surface area contributed by atoms with Crippen molar-refractivity contribution in [2.24, 2.45) is 5.41 Å². The van der Waals surface area contributed by atoms with Crippen LogP contribution in [0.15, 0.2) is 0 Å². The van der Waals surface area contributed by atoms with Crippen LogP contribution in [0.3, 0.4) is 0 Å². The summed E-state index contributed by atoms with van der Waals surface area (Å²) in [6, 6.07) is 0. The van der Waals surface area contributed by atoms with Gasteiger partial charge in [-0.1, -0.05) is 0 Å². The molecule has 0 bridgehead atoms. The number of nitrogens with zero attached hydrogens (tertiary/aromatic N) is 1. The van der Waals surface area contributed by atoms with Gasteiger partial charge in [0.2, 0.25) is 5.91 Å². The predicted octanol–water partition coefficient (Wildman–Crippen LogP) is 1.40. The second-order valence-electron chi connectivity index (χ2n) is 7.01. The second-order valence-corrected chi connectivity index (χ2v) is 7.01. The fourth-order valence-corrected chi connectivity index (χ4v) is 3.19. The topological polar surface area (TPSA) is 44.4 Å². The molecule has 0 aromatic carbocycles. The Morgan fingerprint density at radius 2 is 1.89 bits per heavy atom. The summed E-state index contributed by atoms with van der Waals surface area (Å²) in [5.74, 6) is 0.161.